The number of carbonyl (C=O) groups is 2. The van der Waals surface area contributed by atoms with Crippen LogP contribution in [0, 0.1) is 5.92 Å². The van der Waals surface area contributed by atoms with Crippen molar-refractivity contribution in [3.63, 3.8) is 0 Å². The summed E-state index contributed by atoms with van der Waals surface area (Å²) in [5.41, 5.74) is 4.86. The van der Waals surface area contributed by atoms with Gasteiger partial charge >= 0.3 is 0 Å². The monoisotopic (exact) mass is 768 g/mol. The van der Waals surface area contributed by atoms with Gasteiger partial charge in [-0.15, -0.1) is 5.10 Å². The largest absolute Gasteiger partial charge is 0.497 e. The molecule has 1 saturated heterocycles. The Morgan fingerprint density at radius 1 is 1.04 bits per heavy atom. The number of ether oxygens (including phenoxy) is 2. The molecule has 4 atom stereocenters. The van der Waals surface area contributed by atoms with Crippen LogP contribution in [0.3, 0.4) is 0 Å². The van der Waals surface area contributed by atoms with Crippen LogP contribution in [-0.2, 0) is 45.9 Å². The average Bonchev–Trinajstić information content (AvgIpc) is 3.96. The van der Waals surface area contributed by atoms with Crippen molar-refractivity contribution < 1.29 is 24.2 Å². The SMILES string of the molecule is COc1ccc([Si](C)(C)[C@@H]2[C@@H](CCn3cc(CCO)nn3)O[C@]3(C(=O)N(Cc4cccc(NC(=O)Cc5c[nH]c6ccccc56)c4)c4ccccc43)[C@H]2C)cc1. The topological polar surface area (TPSA) is 135 Å². The van der Waals surface area contributed by atoms with Gasteiger partial charge in [0, 0.05) is 60.0 Å². The van der Waals surface area contributed by atoms with Gasteiger partial charge in [0.15, 0.2) is 5.60 Å². The molecule has 1 spiro atoms. The number of aromatic amines is 1. The lowest BCUT2D eigenvalue weighted by molar-refractivity contribution is -0.146. The van der Waals surface area contributed by atoms with E-state index in [0.29, 0.717) is 31.6 Å². The standard InChI is InChI=1S/C44H48N6O5Si/c1-29-42(56(3,4)35-18-16-34(54-2)17-19-35)40(20-22-49-28-33(21-23-51)47-48-49)55-44(29)37-13-6-8-15-39(37)50(43(44)53)27-30-10-9-11-32(24-30)46-41(52)25-31-26-45-38-14-7-5-12-36(31)38/h5-19,24,26,28-29,40,42,45,51H,20-23,25,27H2,1-4H3,(H,46,52)/t29-,40+,42-,44+/m0/s1. The van der Waals surface area contributed by atoms with Gasteiger partial charge in [0.2, 0.25) is 5.91 Å². The summed E-state index contributed by atoms with van der Waals surface area (Å²) < 4.78 is 14.6. The molecule has 11 nitrogen and oxygen atoms in total. The summed E-state index contributed by atoms with van der Waals surface area (Å²) >= 11 is 0. The van der Waals surface area contributed by atoms with E-state index in [0.717, 1.165) is 44.7 Å². The van der Waals surface area contributed by atoms with Crippen LogP contribution in [0.5, 0.6) is 5.75 Å². The minimum Gasteiger partial charge on any atom is -0.497 e. The van der Waals surface area contributed by atoms with E-state index in [1.165, 1.54) is 5.19 Å². The summed E-state index contributed by atoms with van der Waals surface area (Å²) in [5.74, 6) is 0.474. The summed E-state index contributed by atoms with van der Waals surface area (Å²) in [4.78, 5) is 33.5. The Balaban J connectivity index is 1.08. The molecule has 2 aromatic heterocycles. The molecule has 8 rings (SSSR count). The molecule has 2 aliphatic heterocycles. The Kier molecular flexibility index (Phi) is 10.1. The molecule has 4 aromatic carbocycles. The first-order valence-corrected chi connectivity index (χ1v) is 22.4. The number of carbonyl (C=O) groups excluding carboxylic acids is 2. The molecule has 4 heterocycles. The number of H-pyrrole nitrogens is 1. The number of anilines is 2. The summed E-state index contributed by atoms with van der Waals surface area (Å²) in [6.07, 6.45) is 4.85. The summed E-state index contributed by atoms with van der Waals surface area (Å²) in [6, 6.07) is 32.1. The van der Waals surface area contributed by atoms with Gasteiger partial charge in [0.1, 0.15) is 5.75 Å². The highest BCUT2D eigenvalue weighted by molar-refractivity contribution is 6.91. The van der Waals surface area contributed by atoms with Crippen molar-refractivity contribution in [2.24, 2.45) is 5.92 Å². The van der Waals surface area contributed by atoms with Crippen LogP contribution < -0.4 is 20.1 Å². The van der Waals surface area contributed by atoms with Gasteiger partial charge in [-0.3, -0.25) is 14.3 Å². The van der Waals surface area contributed by atoms with Crippen LogP contribution in [0.1, 0.15) is 35.7 Å². The lowest BCUT2D eigenvalue weighted by Crippen LogP contribution is -2.51. The van der Waals surface area contributed by atoms with Crippen LogP contribution in [-0.4, -0.2) is 64.8 Å². The van der Waals surface area contributed by atoms with Gasteiger partial charge in [0.25, 0.3) is 5.91 Å². The third kappa shape index (κ3) is 6.71. The van der Waals surface area contributed by atoms with Crippen LogP contribution in [0.25, 0.3) is 10.9 Å². The van der Waals surface area contributed by atoms with E-state index in [9.17, 15) is 9.90 Å². The molecule has 2 amide bonds. The van der Waals surface area contributed by atoms with Gasteiger partial charge < -0.3 is 29.8 Å². The highest BCUT2D eigenvalue weighted by Crippen LogP contribution is 2.60. The van der Waals surface area contributed by atoms with E-state index < -0.39 is 13.7 Å². The smallest absolute Gasteiger partial charge is 0.264 e. The Hall–Kier alpha value is -5.56. The number of amides is 2. The lowest BCUT2D eigenvalue weighted by Gasteiger charge is -2.37. The van der Waals surface area contributed by atoms with Gasteiger partial charge in [-0.1, -0.05) is 91.1 Å². The fourth-order valence-corrected chi connectivity index (χ4v) is 13.3. The molecule has 1 fully saturated rings. The Morgan fingerprint density at radius 3 is 2.62 bits per heavy atom. The van der Waals surface area contributed by atoms with E-state index in [4.69, 9.17) is 9.47 Å². The number of rotatable bonds is 13. The summed E-state index contributed by atoms with van der Waals surface area (Å²) in [5, 5.41) is 23.4. The maximum absolute atomic E-state index is 15.2. The van der Waals surface area contributed by atoms with E-state index in [2.05, 4.69) is 52.8 Å². The zero-order valence-electron chi connectivity index (χ0n) is 32.2. The van der Waals surface area contributed by atoms with Crippen LogP contribution in [0.4, 0.5) is 11.4 Å². The quantitative estimate of drug-likeness (QED) is 0.117. The van der Waals surface area contributed by atoms with E-state index >= 15 is 4.79 Å². The molecule has 3 N–H and O–H groups in total. The molecule has 6 aromatic rings. The van der Waals surface area contributed by atoms with E-state index in [1.807, 2.05) is 107 Å². The Morgan fingerprint density at radius 2 is 1.82 bits per heavy atom. The number of methoxy groups -OCH3 is 1. The number of nitrogens with one attached hydrogen (secondary N) is 2. The molecule has 288 valence electrons. The van der Waals surface area contributed by atoms with Crippen molar-refractivity contribution in [2.45, 2.75) is 69.6 Å². The second-order valence-corrected chi connectivity index (χ2v) is 20.3. The minimum atomic E-state index is -2.33. The number of aliphatic hydroxyl groups excluding tert-OH is 1. The number of nitrogens with zero attached hydrogens (tertiary/aromatic N) is 4. The third-order valence-electron chi connectivity index (χ3n) is 11.9. The molecule has 0 aliphatic carbocycles. The molecular weight excluding hydrogens is 721 g/mol. The van der Waals surface area contributed by atoms with Crippen molar-refractivity contribution in [2.75, 3.05) is 23.9 Å². The maximum Gasteiger partial charge on any atom is 0.264 e. The molecule has 0 radical (unpaired) electrons. The summed E-state index contributed by atoms with van der Waals surface area (Å²) in [7, 11) is -0.654. The normalized spacial score (nSPS) is 20.6. The molecule has 0 unspecified atom stereocenters. The van der Waals surface area contributed by atoms with E-state index in [1.54, 1.807) is 7.11 Å². The first-order chi connectivity index (χ1) is 27.1. The molecule has 0 bridgehead atoms. The van der Waals surface area contributed by atoms with Crippen molar-refractivity contribution in [1.29, 1.82) is 0 Å². The van der Waals surface area contributed by atoms with Crippen molar-refractivity contribution in [1.82, 2.24) is 20.0 Å². The second-order valence-electron chi connectivity index (χ2n) is 15.6. The van der Waals surface area contributed by atoms with Crippen LogP contribution in [0.15, 0.2) is 109 Å². The minimum absolute atomic E-state index is 0.0109. The number of aromatic nitrogens is 4. The summed E-state index contributed by atoms with van der Waals surface area (Å²) in [6.45, 7) is 7.84. The zero-order chi connectivity index (χ0) is 39.0. The van der Waals surface area contributed by atoms with Crippen LogP contribution in [0.2, 0.25) is 18.6 Å². The highest BCUT2D eigenvalue weighted by Gasteiger charge is 2.66. The van der Waals surface area contributed by atoms with Gasteiger partial charge in [-0.25, -0.2) is 0 Å². The Labute approximate surface area is 327 Å². The number of para-hydroxylation sites is 2. The number of aliphatic hydroxyl groups is 1. The lowest BCUT2D eigenvalue weighted by atomic mass is 9.82. The second kappa shape index (κ2) is 15.2. The molecule has 0 saturated carbocycles. The van der Waals surface area contributed by atoms with Crippen molar-refractivity contribution in [3.8, 4) is 5.75 Å². The first-order valence-electron chi connectivity index (χ1n) is 19.3. The third-order valence-corrected chi connectivity index (χ3v) is 16.3. The average molecular weight is 769 g/mol. The zero-order valence-corrected chi connectivity index (χ0v) is 33.2. The number of hydrogen-bond donors (Lipinski definition) is 3. The van der Waals surface area contributed by atoms with E-state index in [-0.39, 0.29) is 42.4 Å². The van der Waals surface area contributed by atoms with Gasteiger partial charge in [-0.2, -0.15) is 0 Å². The number of benzene rings is 4. The molecule has 12 heteroatoms. The number of aryl methyl sites for hydroxylation is 1. The van der Waals surface area contributed by atoms with Crippen LogP contribution >= 0.6 is 0 Å². The highest BCUT2D eigenvalue weighted by atomic mass is 28.3. The predicted molar refractivity (Wildman–Crippen MR) is 220 cm³/mol. The first kappa shape index (κ1) is 37.4. The van der Waals surface area contributed by atoms with Crippen molar-refractivity contribution >= 4 is 47.4 Å². The molecule has 56 heavy (non-hydrogen) atoms. The van der Waals surface area contributed by atoms with Crippen molar-refractivity contribution in [3.05, 3.63) is 132 Å². The predicted octanol–water partition coefficient (Wildman–Crippen LogP) is 6.34. The maximum atomic E-state index is 15.2. The van der Waals surface area contributed by atoms with Gasteiger partial charge in [-0.05, 0) is 59.5 Å². The van der Waals surface area contributed by atoms with Gasteiger partial charge in [0.05, 0.1) is 45.6 Å². The molecule has 2 aliphatic rings. The number of fused-ring (bicyclic) bond motifs is 3. The fraction of sp³-hybridized carbons (Fsp3) is 0.318. The fourth-order valence-electron chi connectivity index (χ4n) is 9.22. The Bertz CT molecular complexity index is 2370. The number of hydrogen-bond acceptors (Lipinski definition) is 7. The molecular formula is C44H48N6O5Si.